The fourth-order valence-corrected chi connectivity index (χ4v) is 2.80. The van der Waals surface area contributed by atoms with E-state index in [1.165, 1.54) is 6.33 Å². The van der Waals surface area contributed by atoms with E-state index >= 15 is 0 Å². The second kappa shape index (κ2) is 6.41. The Morgan fingerprint density at radius 1 is 1.16 bits per heavy atom. The van der Waals surface area contributed by atoms with E-state index in [0.29, 0.717) is 19.5 Å². The van der Waals surface area contributed by atoms with Crippen LogP contribution in [-0.4, -0.2) is 46.1 Å². The fourth-order valence-electron chi connectivity index (χ4n) is 2.80. The number of likely N-dealkylation sites (N-methyl/N-ethyl adjacent to an activating group) is 1. The smallest absolute Gasteiger partial charge is 0.355 e. The number of nitrogens with zero attached hydrogens (tertiary/aromatic N) is 6. The molecule has 25 heavy (non-hydrogen) atoms. The van der Waals surface area contributed by atoms with E-state index in [0.717, 1.165) is 12.4 Å². The molecule has 0 amide bonds. The Balaban J connectivity index is 1.77. The van der Waals surface area contributed by atoms with Crippen molar-refractivity contribution in [2.75, 3.05) is 29.9 Å². The van der Waals surface area contributed by atoms with E-state index < -0.39 is 17.7 Å². The second-order valence-corrected chi connectivity index (χ2v) is 5.86. The van der Waals surface area contributed by atoms with Crippen molar-refractivity contribution in [2.45, 2.75) is 25.6 Å². The van der Waals surface area contributed by atoms with E-state index in [-0.39, 0.29) is 23.4 Å². The SMILES string of the molecule is Cc1ncnc(N2CCC(N(C)c3cc(C(F)(F)F)ncn3)C2)c1F. The van der Waals surface area contributed by atoms with Crippen LogP contribution in [0.5, 0.6) is 0 Å². The minimum atomic E-state index is -4.53. The maximum atomic E-state index is 14.2. The lowest BCUT2D eigenvalue weighted by Gasteiger charge is -2.26. The predicted molar refractivity (Wildman–Crippen MR) is 82.8 cm³/mol. The van der Waals surface area contributed by atoms with Crippen LogP contribution in [0.3, 0.4) is 0 Å². The summed E-state index contributed by atoms with van der Waals surface area (Å²) in [5.41, 5.74) is -0.732. The summed E-state index contributed by atoms with van der Waals surface area (Å²) in [5, 5.41) is 0. The normalized spacial score (nSPS) is 17.8. The van der Waals surface area contributed by atoms with Crippen LogP contribution >= 0.6 is 0 Å². The van der Waals surface area contributed by atoms with Gasteiger partial charge in [-0.25, -0.2) is 24.3 Å². The Bertz CT molecular complexity index is 766. The van der Waals surface area contributed by atoms with Crippen molar-refractivity contribution in [1.29, 1.82) is 0 Å². The summed E-state index contributed by atoms with van der Waals surface area (Å²) in [6, 6.07) is 0.795. The van der Waals surface area contributed by atoms with Crippen LogP contribution in [0.15, 0.2) is 18.7 Å². The number of hydrogen-bond acceptors (Lipinski definition) is 6. The predicted octanol–water partition coefficient (Wildman–Crippen LogP) is 2.45. The highest BCUT2D eigenvalue weighted by Crippen LogP contribution is 2.30. The Hall–Kier alpha value is -2.52. The summed E-state index contributed by atoms with van der Waals surface area (Å²) in [5.74, 6) is -0.0946. The average molecular weight is 356 g/mol. The summed E-state index contributed by atoms with van der Waals surface area (Å²) < 4.78 is 52.6. The molecular weight excluding hydrogens is 340 g/mol. The van der Waals surface area contributed by atoms with Gasteiger partial charge in [0.15, 0.2) is 11.6 Å². The van der Waals surface area contributed by atoms with Gasteiger partial charge in [0.05, 0.1) is 5.69 Å². The first-order valence-electron chi connectivity index (χ1n) is 7.61. The lowest BCUT2D eigenvalue weighted by molar-refractivity contribution is -0.141. The number of hydrogen-bond donors (Lipinski definition) is 0. The van der Waals surface area contributed by atoms with Crippen molar-refractivity contribution in [3.8, 4) is 0 Å². The fraction of sp³-hybridized carbons (Fsp3) is 0.467. The molecule has 1 fully saturated rings. The van der Waals surface area contributed by atoms with Gasteiger partial charge in [-0.05, 0) is 13.3 Å². The van der Waals surface area contributed by atoms with Gasteiger partial charge in [-0.15, -0.1) is 0 Å². The largest absolute Gasteiger partial charge is 0.433 e. The minimum absolute atomic E-state index is 0.120. The Morgan fingerprint density at radius 3 is 2.60 bits per heavy atom. The first kappa shape index (κ1) is 17.3. The van der Waals surface area contributed by atoms with Gasteiger partial charge in [0.1, 0.15) is 24.2 Å². The zero-order valence-corrected chi connectivity index (χ0v) is 13.6. The number of rotatable bonds is 3. The van der Waals surface area contributed by atoms with Crippen LogP contribution < -0.4 is 9.80 Å². The van der Waals surface area contributed by atoms with Crippen LogP contribution in [0.1, 0.15) is 17.8 Å². The van der Waals surface area contributed by atoms with Crippen LogP contribution in [-0.2, 0) is 6.18 Å². The van der Waals surface area contributed by atoms with E-state index in [4.69, 9.17) is 0 Å². The summed E-state index contributed by atoms with van der Waals surface area (Å²) in [4.78, 5) is 18.4. The average Bonchev–Trinajstić information content (AvgIpc) is 3.06. The van der Waals surface area contributed by atoms with Gasteiger partial charge in [-0.2, -0.15) is 13.2 Å². The molecule has 1 aliphatic rings. The molecule has 134 valence electrons. The van der Waals surface area contributed by atoms with Gasteiger partial charge < -0.3 is 9.80 Å². The molecule has 0 aromatic carbocycles. The molecule has 3 heterocycles. The molecule has 10 heteroatoms. The number of anilines is 2. The third-order valence-corrected chi connectivity index (χ3v) is 4.26. The summed E-state index contributed by atoms with van der Waals surface area (Å²) in [6.07, 6.45) is -1.69. The molecule has 6 nitrogen and oxygen atoms in total. The van der Waals surface area contributed by atoms with Crippen LogP contribution in [0, 0.1) is 12.7 Å². The van der Waals surface area contributed by atoms with Crippen molar-refractivity contribution in [2.24, 2.45) is 0 Å². The van der Waals surface area contributed by atoms with Gasteiger partial charge in [0, 0.05) is 32.2 Å². The molecule has 0 spiro atoms. The van der Waals surface area contributed by atoms with Crippen LogP contribution in [0.25, 0.3) is 0 Å². The third-order valence-electron chi connectivity index (χ3n) is 4.26. The third kappa shape index (κ3) is 3.47. The maximum absolute atomic E-state index is 14.2. The standard InChI is InChI=1S/C15H16F4N6/c1-9-13(16)14(23-7-20-9)25-4-3-10(6-25)24(2)12-5-11(15(17,18)19)21-8-22-12/h5,7-8,10H,3-4,6H2,1-2H3. The molecule has 1 aliphatic heterocycles. The van der Waals surface area contributed by atoms with E-state index in [1.54, 1.807) is 23.8 Å². The van der Waals surface area contributed by atoms with E-state index in [1.807, 2.05) is 0 Å². The number of alkyl halides is 3. The molecule has 2 aromatic heterocycles. The highest BCUT2D eigenvalue weighted by Gasteiger charge is 2.34. The summed E-state index contributed by atoms with van der Waals surface area (Å²) >= 11 is 0. The Morgan fingerprint density at radius 2 is 1.88 bits per heavy atom. The first-order valence-corrected chi connectivity index (χ1v) is 7.61. The molecule has 0 aliphatic carbocycles. The summed E-state index contributed by atoms with van der Waals surface area (Å²) in [7, 11) is 1.66. The first-order chi connectivity index (χ1) is 11.8. The molecule has 0 N–H and O–H groups in total. The lowest BCUT2D eigenvalue weighted by Crippen LogP contribution is -2.35. The van der Waals surface area contributed by atoms with Gasteiger partial charge in [0.25, 0.3) is 0 Å². The topological polar surface area (TPSA) is 58.0 Å². The van der Waals surface area contributed by atoms with Gasteiger partial charge in [-0.1, -0.05) is 0 Å². The molecule has 0 radical (unpaired) electrons. The van der Waals surface area contributed by atoms with Gasteiger partial charge in [-0.3, -0.25) is 0 Å². The molecule has 0 bridgehead atoms. The number of halogens is 4. The van der Waals surface area contributed by atoms with Crippen molar-refractivity contribution >= 4 is 11.6 Å². The minimum Gasteiger partial charge on any atom is -0.355 e. The number of aryl methyl sites for hydroxylation is 1. The van der Waals surface area contributed by atoms with Crippen LogP contribution in [0.4, 0.5) is 29.2 Å². The van der Waals surface area contributed by atoms with Crippen molar-refractivity contribution in [3.05, 3.63) is 35.9 Å². The number of aromatic nitrogens is 4. The Kier molecular flexibility index (Phi) is 4.44. The monoisotopic (exact) mass is 356 g/mol. The van der Waals surface area contributed by atoms with Crippen LogP contribution in [0.2, 0.25) is 0 Å². The van der Waals surface area contributed by atoms with Gasteiger partial charge in [0.2, 0.25) is 0 Å². The highest BCUT2D eigenvalue weighted by molar-refractivity contribution is 5.46. The van der Waals surface area contributed by atoms with E-state index in [9.17, 15) is 17.6 Å². The van der Waals surface area contributed by atoms with Crippen molar-refractivity contribution in [1.82, 2.24) is 19.9 Å². The lowest BCUT2D eigenvalue weighted by atomic mass is 10.2. The quantitative estimate of drug-likeness (QED) is 0.788. The van der Waals surface area contributed by atoms with E-state index in [2.05, 4.69) is 19.9 Å². The second-order valence-electron chi connectivity index (χ2n) is 5.86. The molecule has 3 rings (SSSR count). The molecule has 1 saturated heterocycles. The summed E-state index contributed by atoms with van der Waals surface area (Å²) in [6.45, 7) is 2.52. The molecule has 1 atom stereocenters. The molecule has 2 aromatic rings. The maximum Gasteiger partial charge on any atom is 0.433 e. The molecule has 0 saturated carbocycles. The van der Waals surface area contributed by atoms with Crippen molar-refractivity contribution in [3.63, 3.8) is 0 Å². The van der Waals surface area contributed by atoms with Gasteiger partial charge >= 0.3 is 6.18 Å². The zero-order valence-electron chi connectivity index (χ0n) is 13.6. The highest BCUT2D eigenvalue weighted by atomic mass is 19.4. The zero-order chi connectivity index (χ0) is 18.2. The Labute approximate surface area is 141 Å². The molecule has 1 unspecified atom stereocenters. The molecular formula is C15H16F4N6. The van der Waals surface area contributed by atoms with Crippen molar-refractivity contribution < 1.29 is 17.6 Å².